The van der Waals surface area contributed by atoms with E-state index in [0.29, 0.717) is 17.9 Å². The average molecular weight is 250 g/mol. The van der Waals surface area contributed by atoms with Crippen molar-refractivity contribution in [1.82, 2.24) is 0 Å². The lowest BCUT2D eigenvalue weighted by atomic mass is 10.1. The Balaban J connectivity index is 2.69. The zero-order chi connectivity index (χ0) is 13.5. The third-order valence-electron chi connectivity index (χ3n) is 2.82. The van der Waals surface area contributed by atoms with Crippen molar-refractivity contribution in [3.8, 4) is 5.75 Å². The van der Waals surface area contributed by atoms with Gasteiger partial charge in [-0.25, -0.2) is 0 Å². The van der Waals surface area contributed by atoms with Gasteiger partial charge in [0.25, 0.3) is 0 Å². The number of carbonyl (C=O) groups is 1. The molecule has 0 aromatic heterocycles. The van der Waals surface area contributed by atoms with Gasteiger partial charge in [-0.15, -0.1) is 0 Å². The van der Waals surface area contributed by atoms with Crippen LogP contribution in [0.15, 0.2) is 18.2 Å². The fraction of sp³-hybridized carbons (Fsp3) is 0.500. The molecule has 1 rings (SSSR count). The molecule has 1 unspecified atom stereocenters. The Morgan fingerprint density at radius 2 is 2.22 bits per heavy atom. The summed E-state index contributed by atoms with van der Waals surface area (Å²) in [7, 11) is 1.58. The van der Waals surface area contributed by atoms with Crippen LogP contribution in [0.4, 0.5) is 5.69 Å². The number of benzene rings is 1. The molecule has 3 N–H and O–H groups in total. The number of methoxy groups -OCH3 is 1. The summed E-state index contributed by atoms with van der Waals surface area (Å²) in [5.74, 6) is 0.497. The van der Waals surface area contributed by atoms with E-state index in [1.807, 2.05) is 25.1 Å². The van der Waals surface area contributed by atoms with Crippen LogP contribution in [0.5, 0.6) is 5.75 Å². The molecule has 0 bridgehead atoms. The van der Waals surface area contributed by atoms with Crippen molar-refractivity contribution in [2.75, 3.05) is 12.4 Å². The molecular weight excluding hydrogens is 228 g/mol. The zero-order valence-corrected chi connectivity index (χ0v) is 11.3. The van der Waals surface area contributed by atoms with Gasteiger partial charge < -0.3 is 15.8 Å². The van der Waals surface area contributed by atoms with E-state index in [-0.39, 0.29) is 5.91 Å². The Morgan fingerprint density at radius 3 is 2.83 bits per heavy atom. The molecule has 0 spiro atoms. The predicted molar refractivity (Wildman–Crippen MR) is 73.9 cm³/mol. The summed E-state index contributed by atoms with van der Waals surface area (Å²) in [5.41, 5.74) is 7.57. The number of aryl methyl sites for hydroxylation is 1. The molecule has 0 fully saturated rings. The zero-order valence-electron chi connectivity index (χ0n) is 11.3. The fourth-order valence-corrected chi connectivity index (χ4v) is 1.68. The normalized spacial score (nSPS) is 12.0. The van der Waals surface area contributed by atoms with E-state index >= 15 is 0 Å². The van der Waals surface area contributed by atoms with E-state index in [9.17, 15) is 4.79 Å². The summed E-state index contributed by atoms with van der Waals surface area (Å²) in [4.78, 5) is 11.9. The van der Waals surface area contributed by atoms with Crippen LogP contribution in [0.3, 0.4) is 0 Å². The molecule has 0 aliphatic carbocycles. The second-order valence-electron chi connectivity index (χ2n) is 4.44. The lowest BCUT2D eigenvalue weighted by molar-refractivity contribution is -0.117. The smallest absolute Gasteiger partial charge is 0.241 e. The standard InChI is InChI=1S/C14H22N2O2/c1-4-5-6-11(15)14(17)16-12-8-7-10(2)9-13(12)18-3/h7-9,11H,4-6,15H2,1-3H3,(H,16,17). The number of nitrogens with two attached hydrogens (primary N) is 1. The molecule has 1 aromatic carbocycles. The van der Waals surface area contributed by atoms with Crippen LogP contribution in [0.25, 0.3) is 0 Å². The lowest BCUT2D eigenvalue weighted by Gasteiger charge is -2.14. The Morgan fingerprint density at radius 1 is 1.50 bits per heavy atom. The molecule has 0 saturated heterocycles. The van der Waals surface area contributed by atoms with Gasteiger partial charge in [0.05, 0.1) is 18.8 Å². The third kappa shape index (κ3) is 4.04. The third-order valence-corrected chi connectivity index (χ3v) is 2.82. The number of hydrogen-bond donors (Lipinski definition) is 2. The monoisotopic (exact) mass is 250 g/mol. The molecule has 4 nitrogen and oxygen atoms in total. The number of carbonyl (C=O) groups excluding carboxylic acids is 1. The quantitative estimate of drug-likeness (QED) is 0.815. The van der Waals surface area contributed by atoms with Crippen LogP contribution in [0, 0.1) is 6.92 Å². The molecule has 1 amide bonds. The number of rotatable bonds is 6. The number of unbranched alkanes of at least 4 members (excludes halogenated alkanes) is 1. The van der Waals surface area contributed by atoms with Crippen LogP contribution in [0.1, 0.15) is 31.7 Å². The minimum atomic E-state index is -0.462. The highest BCUT2D eigenvalue weighted by Crippen LogP contribution is 2.25. The maximum atomic E-state index is 11.9. The maximum absolute atomic E-state index is 11.9. The minimum Gasteiger partial charge on any atom is -0.495 e. The van der Waals surface area contributed by atoms with Crippen molar-refractivity contribution < 1.29 is 9.53 Å². The van der Waals surface area contributed by atoms with Crippen molar-refractivity contribution in [3.63, 3.8) is 0 Å². The predicted octanol–water partition coefficient (Wildman–Crippen LogP) is 2.46. The van der Waals surface area contributed by atoms with Gasteiger partial charge in [-0.05, 0) is 31.0 Å². The molecule has 0 radical (unpaired) electrons. The van der Waals surface area contributed by atoms with Crippen LogP contribution < -0.4 is 15.8 Å². The molecule has 4 heteroatoms. The maximum Gasteiger partial charge on any atom is 0.241 e. The number of anilines is 1. The first kappa shape index (κ1) is 14.5. The summed E-state index contributed by atoms with van der Waals surface area (Å²) in [5, 5.41) is 2.81. The topological polar surface area (TPSA) is 64.4 Å². The highest BCUT2D eigenvalue weighted by atomic mass is 16.5. The van der Waals surface area contributed by atoms with Gasteiger partial charge in [0.2, 0.25) is 5.91 Å². The highest BCUT2D eigenvalue weighted by Gasteiger charge is 2.14. The van der Waals surface area contributed by atoms with Crippen LogP contribution in [-0.2, 0) is 4.79 Å². The summed E-state index contributed by atoms with van der Waals surface area (Å²) in [6.07, 6.45) is 2.70. The van der Waals surface area contributed by atoms with Crippen LogP contribution in [-0.4, -0.2) is 19.1 Å². The Hall–Kier alpha value is -1.55. The number of nitrogens with one attached hydrogen (secondary N) is 1. The highest BCUT2D eigenvalue weighted by molar-refractivity contribution is 5.95. The first-order chi connectivity index (χ1) is 8.58. The molecule has 0 aliphatic rings. The molecule has 1 atom stereocenters. The van der Waals surface area contributed by atoms with Crippen molar-refractivity contribution in [2.45, 2.75) is 39.2 Å². The van der Waals surface area contributed by atoms with Gasteiger partial charge in [0.1, 0.15) is 5.75 Å². The molecular formula is C14H22N2O2. The Bertz CT molecular complexity index is 405. The second-order valence-corrected chi connectivity index (χ2v) is 4.44. The van der Waals surface area contributed by atoms with E-state index in [2.05, 4.69) is 12.2 Å². The van der Waals surface area contributed by atoms with E-state index in [1.165, 1.54) is 0 Å². The summed E-state index contributed by atoms with van der Waals surface area (Å²) in [6, 6.07) is 5.18. The van der Waals surface area contributed by atoms with Crippen molar-refractivity contribution >= 4 is 11.6 Å². The molecule has 18 heavy (non-hydrogen) atoms. The summed E-state index contributed by atoms with van der Waals surface area (Å²) >= 11 is 0. The van der Waals surface area contributed by atoms with Crippen molar-refractivity contribution in [3.05, 3.63) is 23.8 Å². The number of ether oxygens (including phenoxy) is 1. The minimum absolute atomic E-state index is 0.161. The largest absolute Gasteiger partial charge is 0.495 e. The first-order valence-electron chi connectivity index (χ1n) is 6.29. The van der Waals surface area contributed by atoms with Crippen LogP contribution >= 0.6 is 0 Å². The Labute approximate surface area is 109 Å². The van der Waals surface area contributed by atoms with Gasteiger partial charge in [-0.3, -0.25) is 4.79 Å². The van der Waals surface area contributed by atoms with Crippen molar-refractivity contribution in [2.24, 2.45) is 5.73 Å². The van der Waals surface area contributed by atoms with Gasteiger partial charge in [0, 0.05) is 0 Å². The average Bonchev–Trinajstić information content (AvgIpc) is 2.37. The van der Waals surface area contributed by atoms with E-state index < -0.39 is 6.04 Å². The van der Waals surface area contributed by atoms with E-state index in [4.69, 9.17) is 10.5 Å². The van der Waals surface area contributed by atoms with Gasteiger partial charge >= 0.3 is 0 Å². The van der Waals surface area contributed by atoms with E-state index in [1.54, 1.807) is 7.11 Å². The van der Waals surface area contributed by atoms with Crippen LogP contribution in [0.2, 0.25) is 0 Å². The summed E-state index contributed by atoms with van der Waals surface area (Å²) < 4.78 is 5.23. The fourth-order valence-electron chi connectivity index (χ4n) is 1.68. The van der Waals surface area contributed by atoms with Crippen molar-refractivity contribution in [1.29, 1.82) is 0 Å². The lowest BCUT2D eigenvalue weighted by Crippen LogP contribution is -2.35. The molecule has 100 valence electrons. The molecule has 1 aromatic rings. The first-order valence-corrected chi connectivity index (χ1v) is 6.29. The van der Waals surface area contributed by atoms with Gasteiger partial charge in [0.15, 0.2) is 0 Å². The van der Waals surface area contributed by atoms with Gasteiger partial charge in [-0.2, -0.15) is 0 Å². The summed E-state index contributed by atoms with van der Waals surface area (Å²) in [6.45, 7) is 4.05. The van der Waals surface area contributed by atoms with Gasteiger partial charge in [-0.1, -0.05) is 25.8 Å². The van der Waals surface area contributed by atoms with E-state index in [0.717, 1.165) is 18.4 Å². The molecule has 0 heterocycles. The molecule has 0 aliphatic heterocycles. The molecule has 0 saturated carbocycles. The number of amides is 1. The number of hydrogen-bond acceptors (Lipinski definition) is 3. The second kappa shape index (κ2) is 7.01. The SMILES string of the molecule is CCCCC(N)C(=O)Nc1ccc(C)cc1OC. The Kier molecular flexibility index (Phi) is 5.65.